The fourth-order valence-electron chi connectivity index (χ4n) is 2.79. The summed E-state index contributed by atoms with van der Waals surface area (Å²) in [4.78, 5) is 0. The van der Waals surface area contributed by atoms with Crippen LogP contribution in [0.5, 0.6) is 0 Å². The normalized spacial score (nSPS) is 12.8. The highest BCUT2D eigenvalue weighted by molar-refractivity contribution is 9.10. The van der Waals surface area contributed by atoms with Gasteiger partial charge >= 0.3 is 0 Å². The second-order valence-electron chi connectivity index (χ2n) is 5.36. The van der Waals surface area contributed by atoms with Crippen LogP contribution in [0.3, 0.4) is 0 Å². The van der Waals surface area contributed by atoms with Crippen LogP contribution in [0.2, 0.25) is 0 Å². The molecule has 0 bridgehead atoms. The molecule has 0 radical (unpaired) electrons. The van der Waals surface area contributed by atoms with Crippen molar-refractivity contribution >= 4 is 26.9 Å². The van der Waals surface area contributed by atoms with Gasteiger partial charge in [-0.25, -0.2) is 0 Å². The molecule has 21 heavy (non-hydrogen) atoms. The Morgan fingerprint density at radius 1 is 1.05 bits per heavy atom. The van der Waals surface area contributed by atoms with Crippen LogP contribution in [-0.4, -0.2) is 7.05 Å². The van der Waals surface area contributed by atoms with Crippen LogP contribution in [0, 0.1) is 13.8 Å². The van der Waals surface area contributed by atoms with Crippen molar-refractivity contribution in [1.82, 2.24) is 5.32 Å². The number of nitrogens with one attached hydrogen (secondary N) is 1. The first-order valence-corrected chi connectivity index (χ1v) is 7.82. The van der Waals surface area contributed by atoms with E-state index in [0.29, 0.717) is 0 Å². The van der Waals surface area contributed by atoms with E-state index in [0.717, 1.165) is 21.2 Å². The molecule has 108 valence electrons. The van der Waals surface area contributed by atoms with Crippen molar-refractivity contribution in [3.8, 4) is 0 Å². The second kappa shape index (κ2) is 5.66. The third kappa shape index (κ3) is 2.63. The molecule has 0 fully saturated rings. The maximum absolute atomic E-state index is 6.12. The number of furan rings is 1. The summed E-state index contributed by atoms with van der Waals surface area (Å²) < 4.78 is 7.21. The van der Waals surface area contributed by atoms with E-state index in [4.69, 9.17) is 4.42 Å². The number of hydrogen-bond donors (Lipinski definition) is 1. The minimum atomic E-state index is 0.0601. The van der Waals surface area contributed by atoms with Gasteiger partial charge in [-0.1, -0.05) is 40.2 Å². The summed E-state index contributed by atoms with van der Waals surface area (Å²) in [6, 6.07) is 14.8. The molecule has 3 rings (SSSR count). The van der Waals surface area contributed by atoms with Gasteiger partial charge in [0.25, 0.3) is 0 Å². The molecule has 3 aromatic rings. The van der Waals surface area contributed by atoms with Gasteiger partial charge in [-0.2, -0.15) is 0 Å². The SMILES string of the molecule is CNC(c1cc2cccc(C)c2o1)c1ccc(Br)cc1C. The molecule has 1 atom stereocenters. The van der Waals surface area contributed by atoms with Gasteiger partial charge in [-0.15, -0.1) is 0 Å². The first-order chi connectivity index (χ1) is 10.1. The zero-order valence-corrected chi connectivity index (χ0v) is 14.0. The molecule has 1 unspecified atom stereocenters. The van der Waals surface area contributed by atoms with Crippen LogP contribution in [0.4, 0.5) is 0 Å². The van der Waals surface area contributed by atoms with Crippen molar-refractivity contribution in [3.63, 3.8) is 0 Å². The molecule has 0 amide bonds. The molecule has 3 heteroatoms. The Labute approximate surface area is 133 Å². The largest absolute Gasteiger partial charge is 0.459 e. The summed E-state index contributed by atoms with van der Waals surface area (Å²) in [7, 11) is 1.96. The zero-order valence-electron chi connectivity index (χ0n) is 12.4. The monoisotopic (exact) mass is 343 g/mol. The highest BCUT2D eigenvalue weighted by atomic mass is 79.9. The van der Waals surface area contributed by atoms with E-state index >= 15 is 0 Å². The fraction of sp³-hybridized carbons (Fsp3) is 0.222. The van der Waals surface area contributed by atoms with Crippen molar-refractivity contribution < 1.29 is 4.42 Å². The van der Waals surface area contributed by atoms with Crippen LogP contribution in [-0.2, 0) is 0 Å². The smallest absolute Gasteiger partial charge is 0.137 e. The molecular formula is C18H18BrNO. The predicted octanol–water partition coefficient (Wildman–Crippen LogP) is 5.12. The lowest BCUT2D eigenvalue weighted by atomic mass is 9.99. The Kier molecular flexibility index (Phi) is 3.87. The standard InChI is InChI=1S/C18H18BrNO/c1-11-5-4-6-13-10-16(21-18(11)13)17(20-3)15-8-7-14(19)9-12(15)2/h4-10,17,20H,1-3H3. The molecule has 0 saturated carbocycles. The molecule has 0 aliphatic carbocycles. The van der Waals surface area contributed by atoms with Crippen LogP contribution in [0.25, 0.3) is 11.0 Å². The number of rotatable bonds is 3. The van der Waals surface area contributed by atoms with Gasteiger partial charge < -0.3 is 9.73 Å². The van der Waals surface area contributed by atoms with Gasteiger partial charge in [-0.05, 0) is 55.8 Å². The summed E-state index contributed by atoms with van der Waals surface area (Å²) in [6.07, 6.45) is 0. The average molecular weight is 344 g/mol. The summed E-state index contributed by atoms with van der Waals surface area (Å²) in [6.45, 7) is 4.20. The van der Waals surface area contributed by atoms with Crippen molar-refractivity contribution in [2.24, 2.45) is 0 Å². The number of benzene rings is 2. The van der Waals surface area contributed by atoms with Gasteiger partial charge in [0.2, 0.25) is 0 Å². The number of aryl methyl sites for hydroxylation is 2. The van der Waals surface area contributed by atoms with Crippen molar-refractivity contribution in [2.75, 3.05) is 7.05 Å². The highest BCUT2D eigenvalue weighted by Gasteiger charge is 2.19. The summed E-state index contributed by atoms with van der Waals surface area (Å²) in [5.74, 6) is 0.951. The van der Waals surface area contributed by atoms with E-state index in [1.54, 1.807) is 0 Å². The van der Waals surface area contributed by atoms with Crippen LogP contribution < -0.4 is 5.32 Å². The molecule has 0 spiro atoms. The molecule has 0 aliphatic rings. The van der Waals surface area contributed by atoms with Crippen LogP contribution >= 0.6 is 15.9 Å². The van der Waals surface area contributed by atoms with Gasteiger partial charge in [0.1, 0.15) is 11.3 Å². The van der Waals surface area contributed by atoms with E-state index in [1.807, 2.05) is 7.05 Å². The Morgan fingerprint density at radius 2 is 1.86 bits per heavy atom. The number of para-hydroxylation sites is 1. The van der Waals surface area contributed by atoms with E-state index in [-0.39, 0.29) is 6.04 Å². The summed E-state index contributed by atoms with van der Waals surface area (Å²) in [5, 5.41) is 4.52. The predicted molar refractivity (Wildman–Crippen MR) is 90.7 cm³/mol. The Morgan fingerprint density at radius 3 is 2.52 bits per heavy atom. The fourth-order valence-corrected chi connectivity index (χ4v) is 3.26. The lowest BCUT2D eigenvalue weighted by Gasteiger charge is -2.16. The van der Waals surface area contributed by atoms with Gasteiger partial charge in [0.15, 0.2) is 0 Å². The van der Waals surface area contributed by atoms with Gasteiger partial charge in [-0.3, -0.25) is 0 Å². The minimum absolute atomic E-state index is 0.0601. The molecule has 1 aromatic heterocycles. The zero-order chi connectivity index (χ0) is 15.0. The maximum Gasteiger partial charge on any atom is 0.137 e. The van der Waals surface area contributed by atoms with E-state index < -0.39 is 0 Å². The maximum atomic E-state index is 6.12. The molecule has 0 aliphatic heterocycles. The molecule has 0 saturated heterocycles. The minimum Gasteiger partial charge on any atom is -0.459 e. The Hall–Kier alpha value is -1.58. The van der Waals surface area contributed by atoms with Gasteiger partial charge in [0, 0.05) is 9.86 Å². The lowest BCUT2D eigenvalue weighted by molar-refractivity contribution is 0.489. The molecule has 2 nitrogen and oxygen atoms in total. The topological polar surface area (TPSA) is 25.2 Å². The van der Waals surface area contributed by atoms with E-state index in [2.05, 4.69) is 77.6 Å². The summed E-state index contributed by atoms with van der Waals surface area (Å²) in [5.41, 5.74) is 4.61. The molecule has 1 N–H and O–H groups in total. The average Bonchev–Trinajstić information content (AvgIpc) is 2.87. The number of halogens is 1. The molecular weight excluding hydrogens is 326 g/mol. The Balaban J connectivity index is 2.11. The number of fused-ring (bicyclic) bond motifs is 1. The van der Waals surface area contributed by atoms with E-state index in [1.165, 1.54) is 16.7 Å². The van der Waals surface area contributed by atoms with Crippen LogP contribution in [0.15, 0.2) is 51.4 Å². The first kappa shape index (κ1) is 14.4. The van der Waals surface area contributed by atoms with Crippen LogP contribution in [0.1, 0.15) is 28.5 Å². The van der Waals surface area contributed by atoms with Crippen molar-refractivity contribution in [3.05, 3.63) is 69.4 Å². The highest BCUT2D eigenvalue weighted by Crippen LogP contribution is 2.31. The Bertz CT molecular complexity index is 791. The third-order valence-electron chi connectivity index (χ3n) is 3.88. The third-order valence-corrected chi connectivity index (χ3v) is 4.37. The van der Waals surface area contributed by atoms with Gasteiger partial charge in [0.05, 0.1) is 6.04 Å². The quantitative estimate of drug-likeness (QED) is 0.713. The lowest BCUT2D eigenvalue weighted by Crippen LogP contribution is -2.18. The first-order valence-electron chi connectivity index (χ1n) is 7.02. The summed E-state index contributed by atoms with van der Waals surface area (Å²) >= 11 is 3.52. The van der Waals surface area contributed by atoms with Crippen molar-refractivity contribution in [1.29, 1.82) is 0 Å². The van der Waals surface area contributed by atoms with E-state index in [9.17, 15) is 0 Å². The molecule has 1 heterocycles. The molecule has 2 aromatic carbocycles. The number of hydrogen-bond acceptors (Lipinski definition) is 2. The van der Waals surface area contributed by atoms with Crippen molar-refractivity contribution in [2.45, 2.75) is 19.9 Å². The second-order valence-corrected chi connectivity index (χ2v) is 6.28.